The third-order valence-electron chi connectivity index (χ3n) is 1.98. The van der Waals surface area contributed by atoms with Crippen molar-refractivity contribution in [3.05, 3.63) is 33.6 Å². The predicted octanol–water partition coefficient (Wildman–Crippen LogP) is 1.38. The summed E-state index contributed by atoms with van der Waals surface area (Å²) in [7, 11) is -3.68. The van der Waals surface area contributed by atoms with Crippen LogP contribution in [-0.4, -0.2) is 24.5 Å². The standard InChI is InChI=1S/C9H8N2O4S3/c12-9(13)7-1-2-8(17-7)18(14,15)11-3-6-4-16-5-10-6/h1-2,4-5,11H,3H2,(H,12,13). The molecule has 9 heteroatoms. The van der Waals surface area contributed by atoms with Crippen molar-refractivity contribution < 1.29 is 18.3 Å². The van der Waals surface area contributed by atoms with E-state index in [9.17, 15) is 13.2 Å². The van der Waals surface area contributed by atoms with E-state index in [4.69, 9.17) is 5.11 Å². The first-order chi connectivity index (χ1) is 8.49. The van der Waals surface area contributed by atoms with Crippen molar-refractivity contribution in [1.82, 2.24) is 9.71 Å². The maximum absolute atomic E-state index is 11.8. The minimum atomic E-state index is -3.68. The molecule has 0 saturated carbocycles. The van der Waals surface area contributed by atoms with Gasteiger partial charge >= 0.3 is 5.97 Å². The Bertz CT molecular complexity index is 645. The van der Waals surface area contributed by atoms with Gasteiger partial charge < -0.3 is 5.11 Å². The summed E-state index contributed by atoms with van der Waals surface area (Å²) in [5.41, 5.74) is 2.23. The highest BCUT2D eigenvalue weighted by molar-refractivity contribution is 7.91. The van der Waals surface area contributed by atoms with E-state index in [0.29, 0.717) is 5.69 Å². The molecule has 0 aliphatic carbocycles. The first-order valence-corrected chi connectivity index (χ1v) is 7.93. The molecule has 0 spiro atoms. The number of nitrogens with one attached hydrogen (secondary N) is 1. The van der Waals surface area contributed by atoms with E-state index < -0.39 is 16.0 Å². The summed E-state index contributed by atoms with van der Waals surface area (Å²) in [5.74, 6) is -1.14. The molecule has 2 heterocycles. The number of aromatic carboxylic acids is 1. The van der Waals surface area contributed by atoms with E-state index in [1.165, 1.54) is 23.5 Å². The molecule has 0 bridgehead atoms. The van der Waals surface area contributed by atoms with Gasteiger partial charge in [0.25, 0.3) is 0 Å². The van der Waals surface area contributed by atoms with Gasteiger partial charge in [-0.2, -0.15) is 0 Å². The summed E-state index contributed by atoms with van der Waals surface area (Å²) in [6.07, 6.45) is 0. The van der Waals surface area contributed by atoms with Gasteiger partial charge in [0.1, 0.15) is 9.09 Å². The van der Waals surface area contributed by atoms with E-state index in [2.05, 4.69) is 9.71 Å². The molecule has 2 aromatic rings. The number of carboxylic acids is 1. The Labute approximate surface area is 111 Å². The van der Waals surface area contributed by atoms with E-state index in [-0.39, 0.29) is 15.6 Å². The number of hydrogen-bond donors (Lipinski definition) is 2. The molecular formula is C9H8N2O4S3. The molecule has 0 aliphatic rings. The molecule has 2 aromatic heterocycles. The van der Waals surface area contributed by atoms with Crippen LogP contribution in [0.1, 0.15) is 15.4 Å². The highest BCUT2D eigenvalue weighted by Crippen LogP contribution is 2.21. The zero-order valence-electron chi connectivity index (χ0n) is 8.86. The molecular weight excluding hydrogens is 296 g/mol. The fraction of sp³-hybridized carbons (Fsp3) is 0.111. The van der Waals surface area contributed by atoms with E-state index in [1.807, 2.05) is 0 Å². The number of thiazole rings is 1. The Morgan fingerprint density at radius 1 is 1.44 bits per heavy atom. The van der Waals surface area contributed by atoms with E-state index in [1.54, 1.807) is 10.9 Å². The Hall–Kier alpha value is -1.29. The molecule has 0 radical (unpaired) electrons. The lowest BCUT2D eigenvalue weighted by atomic mass is 10.5. The molecule has 0 aromatic carbocycles. The quantitative estimate of drug-likeness (QED) is 0.870. The zero-order chi connectivity index (χ0) is 13.2. The third kappa shape index (κ3) is 2.93. The van der Waals surface area contributed by atoms with Gasteiger partial charge in [-0.15, -0.1) is 22.7 Å². The maximum Gasteiger partial charge on any atom is 0.345 e. The van der Waals surface area contributed by atoms with Crippen molar-refractivity contribution in [2.24, 2.45) is 0 Å². The number of carbonyl (C=O) groups is 1. The number of carboxylic acid groups (broad SMARTS) is 1. The first-order valence-electron chi connectivity index (χ1n) is 4.69. The van der Waals surface area contributed by atoms with Gasteiger partial charge in [0.15, 0.2) is 0 Å². The second-order valence-electron chi connectivity index (χ2n) is 3.23. The number of sulfonamides is 1. The Kier molecular flexibility index (Phi) is 3.76. The van der Waals surface area contributed by atoms with Gasteiger partial charge in [0, 0.05) is 5.38 Å². The second kappa shape index (κ2) is 5.14. The van der Waals surface area contributed by atoms with Crippen LogP contribution in [0.5, 0.6) is 0 Å². The summed E-state index contributed by atoms with van der Waals surface area (Å²) in [5, 5.41) is 10.5. The Morgan fingerprint density at radius 3 is 2.78 bits per heavy atom. The van der Waals surface area contributed by atoms with Crippen molar-refractivity contribution in [2.45, 2.75) is 10.8 Å². The number of hydrogen-bond acceptors (Lipinski definition) is 6. The Morgan fingerprint density at radius 2 is 2.22 bits per heavy atom. The monoisotopic (exact) mass is 304 g/mol. The fourth-order valence-corrected chi connectivity index (χ4v) is 3.89. The SMILES string of the molecule is O=C(O)c1ccc(S(=O)(=O)NCc2cscn2)s1. The lowest BCUT2D eigenvalue weighted by Crippen LogP contribution is -2.22. The van der Waals surface area contributed by atoms with E-state index in [0.717, 1.165) is 11.3 Å². The van der Waals surface area contributed by atoms with Crippen LogP contribution < -0.4 is 4.72 Å². The average Bonchev–Trinajstić information content (AvgIpc) is 2.98. The summed E-state index contributed by atoms with van der Waals surface area (Å²) < 4.78 is 26.0. The predicted molar refractivity (Wildman–Crippen MR) is 67.4 cm³/mol. The fourth-order valence-electron chi connectivity index (χ4n) is 1.14. The molecule has 2 N–H and O–H groups in total. The molecule has 6 nitrogen and oxygen atoms in total. The minimum Gasteiger partial charge on any atom is -0.477 e. The molecule has 2 rings (SSSR count). The summed E-state index contributed by atoms with van der Waals surface area (Å²) in [4.78, 5) is 14.6. The van der Waals surface area contributed by atoms with Gasteiger partial charge in [-0.05, 0) is 12.1 Å². The van der Waals surface area contributed by atoms with Crippen LogP contribution in [-0.2, 0) is 16.6 Å². The number of nitrogens with zero attached hydrogens (tertiary/aromatic N) is 1. The van der Waals surface area contributed by atoms with Crippen LogP contribution in [0.4, 0.5) is 0 Å². The minimum absolute atomic E-state index is 0.0102. The first kappa shape index (κ1) is 13.1. The number of rotatable bonds is 5. The topological polar surface area (TPSA) is 96.4 Å². The average molecular weight is 304 g/mol. The molecule has 0 saturated heterocycles. The van der Waals surface area contributed by atoms with Gasteiger partial charge in [-0.3, -0.25) is 0 Å². The Balaban J connectivity index is 2.12. The highest BCUT2D eigenvalue weighted by Gasteiger charge is 2.18. The summed E-state index contributed by atoms with van der Waals surface area (Å²) >= 11 is 2.09. The van der Waals surface area contributed by atoms with E-state index >= 15 is 0 Å². The molecule has 0 unspecified atom stereocenters. The van der Waals surface area contributed by atoms with Crippen molar-refractivity contribution in [2.75, 3.05) is 0 Å². The van der Waals surface area contributed by atoms with Gasteiger partial charge in [0.05, 0.1) is 17.7 Å². The highest BCUT2D eigenvalue weighted by atomic mass is 32.2. The van der Waals surface area contributed by atoms with Crippen LogP contribution in [0.25, 0.3) is 0 Å². The zero-order valence-corrected chi connectivity index (χ0v) is 11.3. The molecule has 0 atom stereocenters. The third-order valence-corrected chi connectivity index (χ3v) is 5.59. The molecule has 0 amide bonds. The molecule has 0 aliphatic heterocycles. The van der Waals surface area contributed by atoms with Gasteiger partial charge in [-0.1, -0.05) is 0 Å². The smallest absolute Gasteiger partial charge is 0.345 e. The second-order valence-corrected chi connectivity index (χ2v) is 7.02. The number of thiophene rings is 1. The lowest BCUT2D eigenvalue weighted by molar-refractivity contribution is 0.0702. The van der Waals surface area contributed by atoms with Crippen molar-refractivity contribution in [3.63, 3.8) is 0 Å². The largest absolute Gasteiger partial charge is 0.477 e. The molecule has 18 heavy (non-hydrogen) atoms. The number of aromatic nitrogens is 1. The lowest BCUT2D eigenvalue weighted by Gasteiger charge is -2.01. The van der Waals surface area contributed by atoms with Crippen LogP contribution in [0.3, 0.4) is 0 Å². The summed E-state index contributed by atoms with van der Waals surface area (Å²) in [6, 6.07) is 2.54. The van der Waals surface area contributed by atoms with Crippen LogP contribution in [0, 0.1) is 0 Å². The van der Waals surface area contributed by atoms with Crippen LogP contribution in [0.15, 0.2) is 27.2 Å². The van der Waals surface area contributed by atoms with Crippen LogP contribution >= 0.6 is 22.7 Å². The van der Waals surface area contributed by atoms with Crippen molar-refractivity contribution in [3.8, 4) is 0 Å². The van der Waals surface area contributed by atoms with Gasteiger partial charge in [-0.25, -0.2) is 22.9 Å². The molecule has 96 valence electrons. The van der Waals surface area contributed by atoms with Gasteiger partial charge in [0.2, 0.25) is 10.0 Å². The van der Waals surface area contributed by atoms with Crippen LogP contribution in [0.2, 0.25) is 0 Å². The summed E-state index contributed by atoms with van der Waals surface area (Å²) in [6.45, 7) is 0.0894. The van der Waals surface area contributed by atoms with Crippen molar-refractivity contribution >= 4 is 38.7 Å². The molecule has 0 fully saturated rings. The van der Waals surface area contributed by atoms with Crippen molar-refractivity contribution in [1.29, 1.82) is 0 Å². The normalized spacial score (nSPS) is 11.6. The maximum atomic E-state index is 11.8.